The minimum atomic E-state index is 0.609. The Labute approximate surface area is 130 Å². The third-order valence-corrected chi connectivity index (χ3v) is 4.69. The van der Waals surface area contributed by atoms with Gasteiger partial charge in [-0.3, -0.25) is 4.68 Å². The first kappa shape index (κ1) is 15.3. The number of benzene rings is 1. The first-order chi connectivity index (χ1) is 9.63. The van der Waals surface area contributed by atoms with E-state index in [0.29, 0.717) is 5.92 Å². The van der Waals surface area contributed by atoms with Crippen LogP contribution in [0, 0.1) is 19.8 Å². The molecule has 0 saturated carbocycles. The van der Waals surface area contributed by atoms with Crippen LogP contribution in [-0.4, -0.2) is 15.1 Å². The molecule has 2 nitrogen and oxygen atoms in total. The van der Waals surface area contributed by atoms with Crippen molar-refractivity contribution in [1.29, 1.82) is 0 Å². The summed E-state index contributed by atoms with van der Waals surface area (Å²) in [6.07, 6.45) is 2.19. The van der Waals surface area contributed by atoms with E-state index >= 15 is 0 Å². The van der Waals surface area contributed by atoms with E-state index in [2.05, 4.69) is 76.8 Å². The molecule has 3 heteroatoms. The maximum atomic E-state index is 4.54. The van der Waals surface area contributed by atoms with E-state index in [1.807, 2.05) is 0 Å². The van der Waals surface area contributed by atoms with E-state index in [4.69, 9.17) is 0 Å². The lowest BCUT2D eigenvalue weighted by Crippen LogP contribution is -2.14. The number of hydrogen-bond donors (Lipinski definition) is 0. The van der Waals surface area contributed by atoms with Crippen LogP contribution < -0.4 is 0 Å². The Morgan fingerprint density at radius 1 is 1.20 bits per heavy atom. The van der Waals surface area contributed by atoms with Crippen LogP contribution in [-0.2, 0) is 19.4 Å². The van der Waals surface area contributed by atoms with Crippen molar-refractivity contribution in [2.45, 2.75) is 40.2 Å². The van der Waals surface area contributed by atoms with Gasteiger partial charge in [0.1, 0.15) is 0 Å². The number of halogens is 1. The summed E-state index contributed by atoms with van der Waals surface area (Å²) in [5, 5.41) is 5.57. The highest BCUT2D eigenvalue weighted by Crippen LogP contribution is 2.19. The summed E-state index contributed by atoms with van der Waals surface area (Å²) in [6, 6.07) is 10.9. The summed E-state index contributed by atoms with van der Waals surface area (Å²) in [4.78, 5) is 0. The Morgan fingerprint density at radius 2 is 1.95 bits per heavy atom. The van der Waals surface area contributed by atoms with Crippen molar-refractivity contribution < 1.29 is 0 Å². The Hall–Kier alpha value is -1.09. The lowest BCUT2D eigenvalue weighted by Gasteiger charge is -2.16. The van der Waals surface area contributed by atoms with Gasteiger partial charge < -0.3 is 0 Å². The van der Waals surface area contributed by atoms with Crippen LogP contribution >= 0.6 is 15.9 Å². The van der Waals surface area contributed by atoms with Gasteiger partial charge in [0, 0.05) is 17.6 Å². The molecule has 20 heavy (non-hydrogen) atoms. The van der Waals surface area contributed by atoms with Crippen molar-refractivity contribution in [3.05, 3.63) is 52.8 Å². The van der Waals surface area contributed by atoms with Crippen LogP contribution in [0.3, 0.4) is 0 Å². The lowest BCUT2D eigenvalue weighted by molar-refractivity contribution is 0.535. The normalized spacial score (nSPS) is 12.6. The highest BCUT2D eigenvalue weighted by molar-refractivity contribution is 9.09. The Kier molecular flexibility index (Phi) is 5.41. The molecule has 0 saturated heterocycles. The molecular formula is C17H23BrN2. The predicted octanol–water partition coefficient (Wildman–Crippen LogP) is 4.32. The smallest absolute Gasteiger partial charge is 0.0596 e. The molecule has 0 aliphatic carbocycles. The second-order valence-corrected chi connectivity index (χ2v) is 6.10. The third-order valence-electron chi connectivity index (χ3n) is 3.77. The largest absolute Gasteiger partial charge is 0.270 e. The number of alkyl halides is 1. The summed E-state index contributed by atoms with van der Waals surface area (Å²) < 4.78 is 2.13. The first-order valence-electron chi connectivity index (χ1n) is 7.27. The third kappa shape index (κ3) is 3.72. The molecule has 0 N–H and O–H groups in total. The Bertz CT molecular complexity index is 560. The molecule has 0 fully saturated rings. The molecule has 0 aliphatic rings. The molecule has 2 rings (SSSR count). The molecule has 0 radical (unpaired) electrons. The molecule has 0 spiro atoms. The van der Waals surface area contributed by atoms with Crippen molar-refractivity contribution in [3.8, 4) is 0 Å². The topological polar surface area (TPSA) is 17.8 Å². The predicted molar refractivity (Wildman–Crippen MR) is 88.5 cm³/mol. The highest BCUT2D eigenvalue weighted by Gasteiger charge is 2.14. The molecule has 1 atom stereocenters. The van der Waals surface area contributed by atoms with Crippen molar-refractivity contribution in [3.63, 3.8) is 0 Å². The average Bonchev–Trinajstić information content (AvgIpc) is 2.80. The van der Waals surface area contributed by atoms with Gasteiger partial charge >= 0.3 is 0 Å². The minimum absolute atomic E-state index is 0.609. The molecule has 2 aromatic rings. The summed E-state index contributed by atoms with van der Waals surface area (Å²) in [6.45, 7) is 7.37. The zero-order valence-electron chi connectivity index (χ0n) is 12.6. The van der Waals surface area contributed by atoms with Crippen molar-refractivity contribution in [2.24, 2.45) is 5.92 Å². The molecule has 0 amide bonds. The Balaban J connectivity index is 2.11. The maximum Gasteiger partial charge on any atom is 0.0596 e. The van der Waals surface area contributed by atoms with E-state index in [9.17, 15) is 0 Å². The molecule has 108 valence electrons. The second kappa shape index (κ2) is 7.07. The summed E-state index contributed by atoms with van der Waals surface area (Å²) in [5.74, 6) is 0.609. The standard InChI is InChI=1S/C17H23BrN2/c1-4-20-17(9-14(3)19-20)11-15(12-18)10-16-8-6-5-7-13(16)2/h5-9,15H,4,10-12H2,1-3H3. The Morgan fingerprint density at radius 3 is 2.60 bits per heavy atom. The minimum Gasteiger partial charge on any atom is -0.270 e. The molecule has 1 aromatic carbocycles. The van der Waals surface area contributed by atoms with Crippen LogP contribution in [0.4, 0.5) is 0 Å². The second-order valence-electron chi connectivity index (χ2n) is 5.45. The molecule has 1 unspecified atom stereocenters. The fraction of sp³-hybridized carbons (Fsp3) is 0.471. The fourth-order valence-corrected chi connectivity index (χ4v) is 3.12. The quantitative estimate of drug-likeness (QED) is 0.719. The van der Waals surface area contributed by atoms with Crippen molar-refractivity contribution in [1.82, 2.24) is 9.78 Å². The number of rotatable bonds is 6. The fourth-order valence-electron chi connectivity index (χ4n) is 2.66. The number of hydrogen-bond acceptors (Lipinski definition) is 1. The molecular weight excluding hydrogens is 312 g/mol. The number of aromatic nitrogens is 2. The summed E-state index contributed by atoms with van der Waals surface area (Å²) in [5.41, 5.74) is 5.31. The van der Waals surface area contributed by atoms with Crippen LogP contribution in [0.25, 0.3) is 0 Å². The van der Waals surface area contributed by atoms with Gasteiger partial charge in [-0.2, -0.15) is 5.10 Å². The van der Waals surface area contributed by atoms with Gasteiger partial charge in [0.25, 0.3) is 0 Å². The first-order valence-corrected chi connectivity index (χ1v) is 8.40. The van der Waals surface area contributed by atoms with Crippen LogP contribution in [0.5, 0.6) is 0 Å². The molecule has 0 bridgehead atoms. The lowest BCUT2D eigenvalue weighted by atomic mass is 9.94. The van der Waals surface area contributed by atoms with E-state index in [-0.39, 0.29) is 0 Å². The summed E-state index contributed by atoms with van der Waals surface area (Å²) in [7, 11) is 0. The van der Waals surface area contributed by atoms with E-state index < -0.39 is 0 Å². The average molecular weight is 335 g/mol. The zero-order chi connectivity index (χ0) is 14.5. The monoisotopic (exact) mass is 334 g/mol. The maximum absolute atomic E-state index is 4.54. The van der Waals surface area contributed by atoms with Crippen LogP contribution in [0.1, 0.15) is 29.4 Å². The van der Waals surface area contributed by atoms with Gasteiger partial charge in [-0.25, -0.2) is 0 Å². The summed E-state index contributed by atoms with van der Waals surface area (Å²) >= 11 is 3.68. The zero-order valence-corrected chi connectivity index (χ0v) is 14.2. The van der Waals surface area contributed by atoms with Gasteiger partial charge in [0.05, 0.1) is 5.69 Å². The van der Waals surface area contributed by atoms with Crippen molar-refractivity contribution >= 4 is 15.9 Å². The van der Waals surface area contributed by atoms with Crippen molar-refractivity contribution in [2.75, 3.05) is 5.33 Å². The van der Waals surface area contributed by atoms with E-state index in [0.717, 1.165) is 30.4 Å². The molecule has 1 heterocycles. The van der Waals surface area contributed by atoms with Crippen LogP contribution in [0.2, 0.25) is 0 Å². The SMILES string of the molecule is CCn1nc(C)cc1CC(CBr)Cc1ccccc1C. The van der Waals surface area contributed by atoms with Gasteiger partial charge in [0.15, 0.2) is 0 Å². The highest BCUT2D eigenvalue weighted by atomic mass is 79.9. The van der Waals surface area contributed by atoms with Gasteiger partial charge in [-0.05, 0) is 56.7 Å². The van der Waals surface area contributed by atoms with E-state index in [1.165, 1.54) is 16.8 Å². The van der Waals surface area contributed by atoms with Gasteiger partial charge in [-0.1, -0.05) is 40.2 Å². The number of nitrogens with zero attached hydrogens (tertiary/aromatic N) is 2. The molecule has 1 aromatic heterocycles. The number of aryl methyl sites for hydroxylation is 3. The van der Waals surface area contributed by atoms with Crippen LogP contribution in [0.15, 0.2) is 30.3 Å². The molecule has 0 aliphatic heterocycles. The van der Waals surface area contributed by atoms with E-state index in [1.54, 1.807) is 0 Å². The van der Waals surface area contributed by atoms with Gasteiger partial charge in [0.2, 0.25) is 0 Å². The van der Waals surface area contributed by atoms with Gasteiger partial charge in [-0.15, -0.1) is 0 Å².